The van der Waals surface area contributed by atoms with Crippen molar-refractivity contribution in [3.05, 3.63) is 41.7 Å². The summed E-state index contributed by atoms with van der Waals surface area (Å²) >= 11 is 0. The van der Waals surface area contributed by atoms with Crippen molar-refractivity contribution in [2.75, 3.05) is 5.32 Å². The second-order valence-electron chi connectivity index (χ2n) is 4.91. The molecular formula is C14H16N4O. The summed E-state index contributed by atoms with van der Waals surface area (Å²) in [7, 11) is 0. The molecule has 0 saturated heterocycles. The van der Waals surface area contributed by atoms with Crippen LogP contribution in [0.5, 0.6) is 0 Å². The van der Waals surface area contributed by atoms with E-state index in [2.05, 4.69) is 20.3 Å². The van der Waals surface area contributed by atoms with Crippen LogP contribution in [0, 0.1) is 12.8 Å². The van der Waals surface area contributed by atoms with Gasteiger partial charge in [-0.05, 0) is 31.9 Å². The molecule has 2 aromatic heterocycles. The number of pyridine rings is 1. The van der Waals surface area contributed by atoms with E-state index >= 15 is 0 Å². The molecule has 3 rings (SSSR count). The quantitative estimate of drug-likeness (QED) is 0.861. The fourth-order valence-electron chi connectivity index (χ4n) is 2.53. The highest BCUT2D eigenvalue weighted by molar-refractivity contribution is 5.92. The lowest BCUT2D eigenvalue weighted by Gasteiger charge is -2.20. The zero-order valence-electron chi connectivity index (χ0n) is 10.8. The standard InChI is InChI=1S/C14H16N4O/c1-9-16-12-3-2-10(8-13(12)17-9)14(19)18-11-4-6-15-7-5-11/h4-7,10H,2-3,8H2,1H3,(H,16,17)(H,15,18,19)/t10-/m1/s1. The number of H-pyrrole nitrogens is 1. The van der Waals surface area contributed by atoms with Crippen LogP contribution in [0.2, 0.25) is 0 Å². The summed E-state index contributed by atoms with van der Waals surface area (Å²) < 4.78 is 0. The molecule has 0 fully saturated rings. The highest BCUT2D eigenvalue weighted by Gasteiger charge is 2.26. The van der Waals surface area contributed by atoms with E-state index in [1.165, 1.54) is 0 Å². The van der Waals surface area contributed by atoms with E-state index in [4.69, 9.17) is 0 Å². The van der Waals surface area contributed by atoms with E-state index < -0.39 is 0 Å². The number of hydrogen-bond donors (Lipinski definition) is 2. The van der Waals surface area contributed by atoms with Crippen molar-refractivity contribution in [1.29, 1.82) is 0 Å². The smallest absolute Gasteiger partial charge is 0.227 e. The minimum atomic E-state index is 0.0144. The van der Waals surface area contributed by atoms with Crippen molar-refractivity contribution in [2.24, 2.45) is 5.92 Å². The number of carbonyl (C=O) groups is 1. The largest absolute Gasteiger partial charge is 0.346 e. The molecule has 19 heavy (non-hydrogen) atoms. The van der Waals surface area contributed by atoms with E-state index in [9.17, 15) is 4.79 Å². The number of amides is 1. The van der Waals surface area contributed by atoms with Gasteiger partial charge in [0.15, 0.2) is 0 Å². The lowest BCUT2D eigenvalue weighted by atomic mass is 9.89. The highest BCUT2D eigenvalue weighted by atomic mass is 16.1. The molecular weight excluding hydrogens is 240 g/mol. The van der Waals surface area contributed by atoms with Gasteiger partial charge in [-0.25, -0.2) is 4.98 Å². The van der Waals surface area contributed by atoms with Crippen molar-refractivity contribution in [3.8, 4) is 0 Å². The molecule has 0 spiro atoms. The maximum absolute atomic E-state index is 12.2. The Bertz CT molecular complexity index is 591. The number of imidazole rings is 1. The number of aromatic amines is 1. The molecule has 0 radical (unpaired) electrons. The minimum Gasteiger partial charge on any atom is -0.346 e. The van der Waals surface area contributed by atoms with Gasteiger partial charge in [-0.15, -0.1) is 0 Å². The lowest BCUT2D eigenvalue weighted by molar-refractivity contribution is -0.120. The first kappa shape index (κ1) is 11.9. The van der Waals surface area contributed by atoms with E-state index in [-0.39, 0.29) is 11.8 Å². The number of carbonyl (C=O) groups excluding carboxylic acids is 1. The average molecular weight is 256 g/mol. The zero-order chi connectivity index (χ0) is 13.2. The molecule has 1 aliphatic rings. The van der Waals surface area contributed by atoms with Crippen LogP contribution in [0.4, 0.5) is 5.69 Å². The minimum absolute atomic E-state index is 0.0144. The SMILES string of the molecule is Cc1nc2c([nH]1)C[C@H](C(=O)Nc1ccncc1)CC2. The van der Waals surface area contributed by atoms with Gasteiger partial charge >= 0.3 is 0 Å². The normalized spacial score (nSPS) is 17.8. The van der Waals surface area contributed by atoms with Gasteiger partial charge in [0, 0.05) is 36.1 Å². The summed E-state index contributed by atoms with van der Waals surface area (Å²) in [5.74, 6) is 1.02. The van der Waals surface area contributed by atoms with Crippen molar-refractivity contribution in [2.45, 2.75) is 26.2 Å². The summed E-state index contributed by atoms with van der Waals surface area (Å²) in [6.07, 6.45) is 5.81. The predicted molar refractivity (Wildman–Crippen MR) is 71.7 cm³/mol. The van der Waals surface area contributed by atoms with Crippen LogP contribution in [0.3, 0.4) is 0 Å². The number of anilines is 1. The zero-order valence-corrected chi connectivity index (χ0v) is 10.8. The molecule has 5 heteroatoms. The number of aryl methyl sites for hydroxylation is 2. The summed E-state index contributed by atoms with van der Waals surface area (Å²) in [5, 5.41) is 2.94. The van der Waals surface area contributed by atoms with E-state index in [1.807, 2.05) is 6.92 Å². The Balaban J connectivity index is 1.69. The van der Waals surface area contributed by atoms with Crippen molar-refractivity contribution in [3.63, 3.8) is 0 Å². The Labute approximate surface area is 111 Å². The van der Waals surface area contributed by atoms with Crippen LogP contribution in [-0.4, -0.2) is 20.9 Å². The maximum atomic E-state index is 12.2. The first-order valence-electron chi connectivity index (χ1n) is 6.47. The third-order valence-electron chi connectivity index (χ3n) is 3.48. The average Bonchev–Trinajstić information content (AvgIpc) is 2.78. The third-order valence-corrected chi connectivity index (χ3v) is 3.48. The molecule has 2 N–H and O–H groups in total. The summed E-state index contributed by atoms with van der Waals surface area (Å²) in [6, 6.07) is 3.60. The van der Waals surface area contributed by atoms with Crippen LogP contribution >= 0.6 is 0 Å². The number of nitrogens with one attached hydrogen (secondary N) is 2. The number of hydrogen-bond acceptors (Lipinski definition) is 3. The first-order valence-corrected chi connectivity index (χ1v) is 6.47. The predicted octanol–water partition coefficient (Wildman–Crippen LogP) is 1.86. The highest BCUT2D eigenvalue weighted by Crippen LogP contribution is 2.24. The van der Waals surface area contributed by atoms with Crippen LogP contribution in [0.25, 0.3) is 0 Å². The molecule has 2 heterocycles. The van der Waals surface area contributed by atoms with Crippen molar-refractivity contribution in [1.82, 2.24) is 15.0 Å². The number of rotatable bonds is 2. The van der Waals surface area contributed by atoms with E-state index in [1.54, 1.807) is 24.5 Å². The molecule has 5 nitrogen and oxygen atoms in total. The topological polar surface area (TPSA) is 70.7 Å². The molecule has 0 saturated carbocycles. The van der Waals surface area contributed by atoms with Crippen LogP contribution in [-0.2, 0) is 17.6 Å². The van der Waals surface area contributed by atoms with Gasteiger partial charge in [-0.1, -0.05) is 0 Å². The molecule has 0 aliphatic heterocycles. The summed E-state index contributed by atoms with van der Waals surface area (Å²) in [5.41, 5.74) is 3.02. The Morgan fingerprint density at radius 2 is 2.21 bits per heavy atom. The van der Waals surface area contributed by atoms with Crippen molar-refractivity contribution >= 4 is 11.6 Å². The number of nitrogens with zero attached hydrogens (tertiary/aromatic N) is 2. The molecule has 1 aliphatic carbocycles. The van der Waals surface area contributed by atoms with Gasteiger partial charge in [-0.3, -0.25) is 9.78 Å². The molecule has 0 aromatic carbocycles. The van der Waals surface area contributed by atoms with E-state index in [0.717, 1.165) is 42.2 Å². The third kappa shape index (κ3) is 2.50. The van der Waals surface area contributed by atoms with Crippen LogP contribution in [0.1, 0.15) is 23.6 Å². The van der Waals surface area contributed by atoms with Crippen LogP contribution < -0.4 is 5.32 Å². The first-order chi connectivity index (χ1) is 9.22. The van der Waals surface area contributed by atoms with Crippen molar-refractivity contribution < 1.29 is 4.79 Å². The van der Waals surface area contributed by atoms with Crippen LogP contribution in [0.15, 0.2) is 24.5 Å². The molecule has 98 valence electrons. The number of aromatic nitrogens is 3. The van der Waals surface area contributed by atoms with E-state index in [0.29, 0.717) is 0 Å². The Morgan fingerprint density at radius 1 is 1.42 bits per heavy atom. The summed E-state index contributed by atoms with van der Waals surface area (Å²) in [4.78, 5) is 23.8. The molecule has 1 atom stereocenters. The molecule has 1 amide bonds. The lowest BCUT2D eigenvalue weighted by Crippen LogP contribution is -2.28. The van der Waals surface area contributed by atoms with Gasteiger partial charge < -0.3 is 10.3 Å². The van der Waals surface area contributed by atoms with Gasteiger partial charge in [0.25, 0.3) is 0 Å². The Morgan fingerprint density at radius 3 is 3.00 bits per heavy atom. The fraction of sp³-hybridized carbons (Fsp3) is 0.357. The second-order valence-corrected chi connectivity index (χ2v) is 4.91. The molecule has 0 bridgehead atoms. The van der Waals surface area contributed by atoms with Gasteiger partial charge in [-0.2, -0.15) is 0 Å². The Kier molecular flexibility index (Phi) is 3.03. The van der Waals surface area contributed by atoms with Gasteiger partial charge in [0.2, 0.25) is 5.91 Å². The maximum Gasteiger partial charge on any atom is 0.227 e. The van der Waals surface area contributed by atoms with Gasteiger partial charge in [0.05, 0.1) is 5.69 Å². The van der Waals surface area contributed by atoms with Gasteiger partial charge in [0.1, 0.15) is 5.82 Å². The number of fused-ring (bicyclic) bond motifs is 1. The summed E-state index contributed by atoms with van der Waals surface area (Å²) in [6.45, 7) is 1.95. The molecule has 2 aromatic rings. The molecule has 0 unspecified atom stereocenters. The fourth-order valence-corrected chi connectivity index (χ4v) is 2.53. The Hall–Kier alpha value is -2.17. The second kappa shape index (κ2) is 4.84. The monoisotopic (exact) mass is 256 g/mol.